The zero-order valence-electron chi connectivity index (χ0n) is 12.5. The summed E-state index contributed by atoms with van der Waals surface area (Å²) in [6.45, 7) is 0.556. The number of carbonyl (C=O) groups excluding carboxylic acids is 2. The van der Waals surface area contributed by atoms with Crippen molar-refractivity contribution in [3.8, 4) is 0 Å². The van der Waals surface area contributed by atoms with Gasteiger partial charge in [-0.1, -0.05) is 36.4 Å². The zero-order chi connectivity index (χ0) is 16.1. The molecule has 6 heteroatoms. The van der Waals surface area contributed by atoms with Crippen LogP contribution in [0.15, 0.2) is 54.7 Å². The molecule has 0 radical (unpaired) electrons. The van der Waals surface area contributed by atoms with Crippen LogP contribution in [0, 0.1) is 0 Å². The lowest BCUT2D eigenvalue weighted by Crippen LogP contribution is -2.54. The molecule has 1 saturated heterocycles. The first-order valence-electron chi connectivity index (χ1n) is 7.37. The number of amides is 2. The highest BCUT2D eigenvalue weighted by molar-refractivity contribution is 5.97. The van der Waals surface area contributed by atoms with E-state index in [9.17, 15) is 9.59 Å². The maximum atomic E-state index is 12.5. The number of benzene rings is 1. The highest BCUT2D eigenvalue weighted by Gasteiger charge is 2.34. The number of anilines is 1. The van der Waals surface area contributed by atoms with Gasteiger partial charge in [0, 0.05) is 12.7 Å². The average molecular weight is 311 g/mol. The predicted octanol–water partition coefficient (Wildman–Crippen LogP) is 1.45. The normalized spacial score (nSPS) is 17.8. The monoisotopic (exact) mass is 311 g/mol. The van der Waals surface area contributed by atoms with Crippen molar-refractivity contribution < 1.29 is 14.3 Å². The van der Waals surface area contributed by atoms with E-state index in [2.05, 4.69) is 10.3 Å². The number of pyridine rings is 1. The van der Waals surface area contributed by atoms with Crippen LogP contribution in [0.5, 0.6) is 0 Å². The van der Waals surface area contributed by atoms with Crippen molar-refractivity contribution in [3.05, 3.63) is 60.3 Å². The molecule has 1 aliphatic rings. The van der Waals surface area contributed by atoms with Gasteiger partial charge in [0.1, 0.15) is 18.5 Å². The first-order chi connectivity index (χ1) is 11.2. The molecule has 1 N–H and O–H groups in total. The predicted molar refractivity (Wildman–Crippen MR) is 84.5 cm³/mol. The lowest BCUT2D eigenvalue weighted by atomic mass is 10.1. The van der Waals surface area contributed by atoms with Crippen LogP contribution in [-0.2, 0) is 20.9 Å². The molecule has 0 aliphatic carbocycles. The van der Waals surface area contributed by atoms with Gasteiger partial charge >= 0.3 is 0 Å². The maximum Gasteiger partial charge on any atom is 0.250 e. The highest BCUT2D eigenvalue weighted by Crippen LogP contribution is 2.15. The number of morpholine rings is 1. The summed E-state index contributed by atoms with van der Waals surface area (Å²) < 4.78 is 5.25. The summed E-state index contributed by atoms with van der Waals surface area (Å²) in [6.07, 6.45) is 1.60. The first-order valence-corrected chi connectivity index (χ1v) is 7.37. The van der Waals surface area contributed by atoms with E-state index in [0.29, 0.717) is 12.4 Å². The summed E-state index contributed by atoms with van der Waals surface area (Å²) in [5.74, 6) is -0.0378. The van der Waals surface area contributed by atoms with E-state index in [1.807, 2.05) is 30.3 Å². The van der Waals surface area contributed by atoms with Gasteiger partial charge in [0.2, 0.25) is 5.91 Å². The summed E-state index contributed by atoms with van der Waals surface area (Å²) in [5, 5.41) is 2.72. The van der Waals surface area contributed by atoms with Crippen molar-refractivity contribution in [2.24, 2.45) is 0 Å². The molecule has 6 nitrogen and oxygen atoms in total. The number of nitrogens with zero attached hydrogens (tertiary/aromatic N) is 2. The van der Waals surface area contributed by atoms with E-state index in [1.165, 1.54) is 0 Å². The highest BCUT2D eigenvalue weighted by atomic mass is 16.5. The number of rotatable bonds is 4. The minimum Gasteiger partial charge on any atom is -0.369 e. The van der Waals surface area contributed by atoms with E-state index in [1.54, 1.807) is 29.3 Å². The Bertz CT molecular complexity index is 676. The molecule has 1 aliphatic heterocycles. The summed E-state index contributed by atoms with van der Waals surface area (Å²) in [5.41, 5.74) is 0.971. The minimum atomic E-state index is -0.668. The Balaban J connectivity index is 1.75. The van der Waals surface area contributed by atoms with Crippen molar-refractivity contribution in [1.82, 2.24) is 9.88 Å². The molecule has 1 atom stereocenters. The van der Waals surface area contributed by atoms with Gasteiger partial charge in [0.25, 0.3) is 5.91 Å². The maximum absolute atomic E-state index is 12.5. The van der Waals surface area contributed by atoms with Gasteiger partial charge in [-0.2, -0.15) is 0 Å². The van der Waals surface area contributed by atoms with Crippen LogP contribution in [-0.4, -0.2) is 41.0 Å². The van der Waals surface area contributed by atoms with Gasteiger partial charge in [-0.3, -0.25) is 9.59 Å². The number of carbonyl (C=O) groups is 2. The van der Waals surface area contributed by atoms with Gasteiger partial charge in [0.05, 0.1) is 6.61 Å². The van der Waals surface area contributed by atoms with Crippen molar-refractivity contribution in [3.63, 3.8) is 0 Å². The number of aromatic nitrogens is 1. The van der Waals surface area contributed by atoms with Gasteiger partial charge in [-0.15, -0.1) is 0 Å². The molecule has 1 aromatic carbocycles. The summed E-state index contributed by atoms with van der Waals surface area (Å²) in [6, 6.07) is 14.2. The van der Waals surface area contributed by atoms with E-state index in [4.69, 9.17) is 4.74 Å². The number of ether oxygens (including phenoxy) is 1. The second kappa shape index (κ2) is 7.02. The minimum absolute atomic E-state index is 0.000199. The third-order valence-corrected chi connectivity index (χ3v) is 3.61. The summed E-state index contributed by atoms with van der Waals surface area (Å²) in [4.78, 5) is 30.3. The van der Waals surface area contributed by atoms with Crippen LogP contribution in [0.4, 0.5) is 5.82 Å². The Hall–Kier alpha value is -2.73. The van der Waals surface area contributed by atoms with Gasteiger partial charge in [-0.25, -0.2) is 4.98 Å². The molecule has 1 aromatic heterocycles. The molecule has 3 rings (SSSR count). The number of nitrogens with one attached hydrogen (secondary N) is 1. The Morgan fingerprint density at radius 3 is 2.74 bits per heavy atom. The van der Waals surface area contributed by atoms with E-state index in [-0.39, 0.29) is 25.0 Å². The van der Waals surface area contributed by atoms with E-state index < -0.39 is 6.04 Å². The third-order valence-electron chi connectivity index (χ3n) is 3.61. The molecular weight excluding hydrogens is 294 g/mol. The molecule has 2 aromatic rings. The van der Waals surface area contributed by atoms with Crippen LogP contribution in [0.1, 0.15) is 5.56 Å². The Morgan fingerprint density at radius 1 is 1.22 bits per heavy atom. The quantitative estimate of drug-likeness (QED) is 0.927. The number of hydrogen-bond acceptors (Lipinski definition) is 4. The zero-order valence-corrected chi connectivity index (χ0v) is 12.5. The second-order valence-corrected chi connectivity index (χ2v) is 5.24. The summed E-state index contributed by atoms with van der Waals surface area (Å²) >= 11 is 0. The fourth-order valence-corrected chi connectivity index (χ4v) is 2.45. The topological polar surface area (TPSA) is 71.5 Å². The van der Waals surface area contributed by atoms with Crippen LogP contribution in [0.3, 0.4) is 0 Å². The van der Waals surface area contributed by atoms with Crippen LogP contribution >= 0.6 is 0 Å². The largest absolute Gasteiger partial charge is 0.369 e. The average Bonchev–Trinajstić information content (AvgIpc) is 2.58. The molecule has 1 fully saturated rings. The lowest BCUT2D eigenvalue weighted by Gasteiger charge is -2.34. The van der Waals surface area contributed by atoms with Crippen molar-refractivity contribution >= 4 is 17.6 Å². The second-order valence-electron chi connectivity index (χ2n) is 5.24. The fraction of sp³-hybridized carbons (Fsp3) is 0.235. The van der Waals surface area contributed by atoms with E-state index in [0.717, 1.165) is 5.56 Å². The fourth-order valence-electron chi connectivity index (χ4n) is 2.45. The Labute approximate surface area is 134 Å². The summed E-state index contributed by atoms with van der Waals surface area (Å²) in [7, 11) is 0. The van der Waals surface area contributed by atoms with Crippen molar-refractivity contribution in [2.75, 3.05) is 18.5 Å². The lowest BCUT2D eigenvalue weighted by molar-refractivity contribution is -0.154. The third kappa shape index (κ3) is 3.73. The van der Waals surface area contributed by atoms with Gasteiger partial charge in [-0.05, 0) is 17.7 Å². The van der Waals surface area contributed by atoms with Gasteiger partial charge < -0.3 is 15.0 Å². The molecule has 0 spiro atoms. The van der Waals surface area contributed by atoms with Crippen LogP contribution in [0.2, 0.25) is 0 Å². The van der Waals surface area contributed by atoms with Crippen LogP contribution < -0.4 is 5.32 Å². The van der Waals surface area contributed by atoms with E-state index >= 15 is 0 Å². The molecule has 0 unspecified atom stereocenters. The first kappa shape index (κ1) is 15.2. The number of hydrogen-bond donors (Lipinski definition) is 1. The smallest absolute Gasteiger partial charge is 0.250 e. The van der Waals surface area contributed by atoms with Gasteiger partial charge in [0.15, 0.2) is 0 Å². The van der Waals surface area contributed by atoms with Crippen molar-refractivity contribution in [2.45, 2.75) is 12.6 Å². The molecule has 2 amide bonds. The Kier molecular flexibility index (Phi) is 4.63. The molecular formula is C17H17N3O3. The molecule has 2 heterocycles. The van der Waals surface area contributed by atoms with Crippen molar-refractivity contribution in [1.29, 1.82) is 0 Å². The molecule has 0 saturated carbocycles. The molecule has 0 bridgehead atoms. The van der Waals surface area contributed by atoms with Crippen LogP contribution in [0.25, 0.3) is 0 Å². The Morgan fingerprint density at radius 2 is 2.00 bits per heavy atom. The molecule has 118 valence electrons. The SMILES string of the molecule is O=C(Nc1ccccn1)[C@@H]1COCC(=O)N1Cc1ccccc1. The molecule has 23 heavy (non-hydrogen) atoms. The standard InChI is InChI=1S/C17H17N3O3/c21-16-12-23-11-14(17(22)19-15-8-4-5-9-18-15)20(16)10-13-6-2-1-3-7-13/h1-9,14H,10-12H2,(H,18,19,22)/t14-/m0/s1.